The molecule has 2 aromatic heterocycles. The molecule has 7 heteroatoms. The molecule has 2 heterocycles. The van der Waals surface area contributed by atoms with Crippen LogP contribution in [0.4, 0.5) is 11.5 Å². The SMILES string of the molecule is CCOc1ccccc1-c1c(C#N)c(N)nc2sc(C#N)c(N)c12. The van der Waals surface area contributed by atoms with Gasteiger partial charge in [0.25, 0.3) is 0 Å². The molecule has 0 atom stereocenters. The van der Waals surface area contributed by atoms with E-state index >= 15 is 0 Å². The number of rotatable bonds is 3. The Kier molecular flexibility index (Phi) is 3.95. The minimum Gasteiger partial charge on any atom is -0.493 e. The number of benzene rings is 1. The van der Waals surface area contributed by atoms with E-state index in [4.69, 9.17) is 16.2 Å². The molecule has 1 aromatic carbocycles. The van der Waals surface area contributed by atoms with Crippen LogP contribution in [0.3, 0.4) is 0 Å². The van der Waals surface area contributed by atoms with Crippen LogP contribution in [0.25, 0.3) is 21.3 Å². The number of anilines is 2. The van der Waals surface area contributed by atoms with Crippen LogP contribution in [-0.4, -0.2) is 11.6 Å². The molecular formula is C17H13N5OS. The van der Waals surface area contributed by atoms with Crippen LogP contribution in [0.15, 0.2) is 24.3 Å². The summed E-state index contributed by atoms with van der Waals surface area (Å²) in [4.78, 5) is 5.12. The van der Waals surface area contributed by atoms with Crippen molar-refractivity contribution < 1.29 is 4.74 Å². The third-order valence-corrected chi connectivity index (χ3v) is 4.58. The van der Waals surface area contributed by atoms with Gasteiger partial charge in [0.2, 0.25) is 0 Å². The summed E-state index contributed by atoms with van der Waals surface area (Å²) in [5.41, 5.74) is 13.9. The molecule has 0 spiro atoms. The van der Waals surface area contributed by atoms with Crippen molar-refractivity contribution in [1.82, 2.24) is 4.98 Å². The van der Waals surface area contributed by atoms with Crippen molar-refractivity contribution in [3.8, 4) is 29.0 Å². The third kappa shape index (κ3) is 2.28. The van der Waals surface area contributed by atoms with Gasteiger partial charge in [0.05, 0.1) is 12.3 Å². The van der Waals surface area contributed by atoms with E-state index in [1.54, 1.807) is 0 Å². The number of thiophene rings is 1. The Hall–Kier alpha value is -3.29. The molecule has 0 saturated carbocycles. The Morgan fingerprint density at radius 3 is 2.62 bits per heavy atom. The fourth-order valence-corrected chi connectivity index (χ4v) is 3.50. The van der Waals surface area contributed by atoms with Crippen molar-refractivity contribution in [2.24, 2.45) is 0 Å². The highest BCUT2D eigenvalue weighted by Crippen LogP contribution is 2.44. The summed E-state index contributed by atoms with van der Waals surface area (Å²) in [6, 6.07) is 11.5. The number of pyridine rings is 1. The number of nitrogens with two attached hydrogens (primary N) is 2. The topological polar surface area (TPSA) is 122 Å². The van der Waals surface area contributed by atoms with Gasteiger partial charge in [0.1, 0.15) is 39.0 Å². The number of nitrogens with zero attached hydrogens (tertiary/aromatic N) is 3. The number of nitriles is 2. The molecule has 0 fully saturated rings. The predicted octanol–water partition coefficient (Wildman–Crippen LogP) is 3.27. The second-order valence-electron chi connectivity index (χ2n) is 4.92. The zero-order chi connectivity index (χ0) is 17.3. The third-order valence-electron chi connectivity index (χ3n) is 3.57. The summed E-state index contributed by atoms with van der Waals surface area (Å²) in [7, 11) is 0. The van der Waals surface area contributed by atoms with Gasteiger partial charge in [0, 0.05) is 16.5 Å². The summed E-state index contributed by atoms with van der Waals surface area (Å²) in [6.07, 6.45) is 0. The summed E-state index contributed by atoms with van der Waals surface area (Å²) in [5, 5.41) is 19.4. The largest absolute Gasteiger partial charge is 0.493 e. The Balaban J connectivity index is 2.49. The van der Waals surface area contributed by atoms with Crippen LogP contribution >= 0.6 is 11.3 Å². The van der Waals surface area contributed by atoms with Gasteiger partial charge in [-0.05, 0) is 13.0 Å². The zero-order valence-electron chi connectivity index (χ0n) is 12.8. The van der Waals surface area contributed by atoms with Gasteiger partial charge in [-0.15, -0.1) is 11.3 Å². The maximum Gasteiger partial charge on any atom is 0.143 e. The van der Waals surface area contributed by atoms with Gasteiger partial charge < -0.3 is 16.2 Å². The molecule has 24 heavy (non-hydrogen) atoms. The number of hydrogen-bond acceptors (Lipinski definition) is 7. The lowest BCUT2D eigenvalue weighted by Crippen LogP contribution is -2.01. The molecular weight excluding hydrogens is 322 g/mol. The molecule has 0 aliphatic heterocycles. The zero-order valence-corrected chi connectivity index (χ0v) is 13.6. The second kappa shape index (κ2) is 6.07. The first kappa shape index (κ1) is 15.6. The van der Waals surface area contributed by atoms with Crippen LogP contribution in [0.1, 0.15) is 17.4 Å². The summed E-state index contributed by atoms with van der Waals surface area (Å²) in [5.74, 6) is 0.726. The highest BCUT2D eigenvalue weighted by atomic mass is 32.1. The normalized spacial score (nSPS) is 10.3. The van der Waals surface area contributed by atoms with E-state index in [-0.39, 0.29) is 11.4 Å². The number of nitrogen functional groups attached to an aromatic ring is 2. The Bertz CT molecular complexity index is 1030. The van der Waals surface area contributed by atoms with Crippen molar-refractivity contribution in [1.29, 1.82) is 10.5 Å². The maximum atomic E-state index is 9.58. The average Bonchev–Trinajstić information content (AvgIpc) is 2.90. The van der Waals surface area contributed by atoms with Crippen LogP contribution in [-0.2, 0) is 0 Å². The van der Waals surface area contributed by atoms with Crippen molar-refractivity contribution in [3.63, 3.8) is 0 Å². The first-order valence-corrected chi connectivity index (χ1v) is 7.97. The van der Waals surface area contributed by atoms with E-state index in [2.05, 4.69) is 17.1 Å². The lowest BCUT2D eigenvalue weighted by Gasteiger charge is -2.13. The molecule has 118 valence electrons. The van der Waals surface area contributed by atoms with E-state index in [0.717, 1.165) is 11.3 Å². The first-order chi connectivity index (χ1) is 11.6. The smallest absolute Gasteiger partial charge is 0.143 e. The minimum absolute atomic E-state index is 0.108. The fourth-order valence-electron chi connectivity index (χ4n) is 2.59. The number of aromatic nitrogens is 1. The van der Waals surface area contributed by atoms with Crippen molar-refractivity contribution >= 4 is 33.1 Å². The van der Waals surface area contributed by atoms with Crippen molar-refractivity contribution in [2.45, 2.75) is 6.92 Å². The Morgan fingerprint density at radius 1 is 1.21 bits per heavy atom. The molecule has 3 aromatic rings. The molecule has 0 aliphatic carbocycles. The monoisotopic (exact) mass is 335 g/mol. The number of ether oxygens (including phenoxy) is 1. The van der Waals surface area contributed by atoms with Crippen LogP contribution in [0.5, 0.6) is 5.75 Å². The fraction of sp³-hybridized carbons (Fsp3) is 0.118. The first-order valence-electron chi connectivity index (χ1n) is 7.16. The second-order valence-corrected chi connectivity index (χ2v) is 5.92. The van der Waals surface area contributed by atoms with E-state index in [1.807, 2.05) is 31.2 Å². The Morgan fingerprint density at radius 2 is 1.96 bits per heavy atom. The molecule has 4 N–H and O–H groups in total. The molecule has 0 amide bonds. The van der Waals surface area contributed by atoms with Gasteiger partial charge in [0.15, 0.2) is 0 Å². The van der Waals surface area contributed by atoms with Crippen LogP contribution in [0, 0.1) is 22.7 Å². The minimum atomic E-state index is 0.108. The standard InChI is InChI=1S/C17H13N5OS/c1-2-23-11-6-4-3-5-9(11)13-10(7-18)16(21)22-17-14(13)15(20)12(8-19)24-17/h3-6H,2,20H2,1H3,(H2,21,22). The number of para-hydroxylation sites is 1. The van der Waals surface area contributed by atoms with Gasteiger partial charge in [-0.2, -0.15) is 10.5 Å². The van der Waals surface area contributed by atoms with E-state index in [0.29, 0.717) is 44.3 Å². The molecule has 3 rings (SSSR count). The molecule has 0 aliphatic rings. The Labute approximate surface area is 142 Å². The van der Waals surface area contributed by atoms with Crippen molar-refractivity contribution in [2.75, 3.05) is 18.1 Å². The predicted molar refractivity (Wildman–Crippen MR) is 94.5 cm³/mol. The van der Waals surface area contributed by atoms with Gasteiger partial charge >= 0.3 is 0 Å². The highest BCUT2D eigenvalue weighted by molar-refractivity contribution is 7.20. The highest BCUT2D eigenvalue weighted by Gasteiger charge is 2.23. The van der Waals surface area contributed by atoms with Gasteiger partial charge in [-0.3, -0.25) is 0 Å². The molecule has 0 saturated heterocycles. The quantitative estimate of drug-likeness (QED) is 0.757. The maximum absolute atomic E-state index is 9.58. The summed E-state index contributed by atoms with van der Waals surface area (Å²) < 4.78 is 5.68. The summed E-state index contributed by atoms with van der Waals surface area (Å²) in [6.45, 7) is 2.36. The average molecular weight is 335 g/mol. The number of fused-ring (bicyclic) bond motifs is 1. The molecule has 0 radical (unpaired) electrons. The van der Waals surface area contributed by atoms with E-state index in [1.165, 1.54) is 0 Å². The molecule has 0 bridgehead atoms. The van der Waals surface area contributed by atoms with Crippen LogP contribution < -0.4 is 16.2 Å². The molecule has 0 unspecified atom stereocenters. The lowest BCUT2D eigenvalue weighted by molar-refractivity contribution is 0.341. The molecule has 6 nitrogen and oxygen atoms in total. The van der Waals surface area contributed by atoms with Gasteiger partial charge in [-0.1, -0.05) is 18.2 Å². The van der Waals surface area contributed by atoms with E-state index < -0.39 is 0 Å². The van der Waals surface area contributed by atoms with Gasteiger partial charge in [-0.25, -0.2) is 4.98 Å². The number of hydrogen-bond donors (Lipinski definition) is 2. The lowest BCUT2D eigenvalue weighted by atomic mass is 9.96. The van der Waals surface area contributed by atoms with Crippen LogP contribution in [0.2, 0.25) is 0 Å². The van der Waals surface area contributed by atoms with Crippen molar-refractivity contribution in [3.05, 3.63) is 34.7 Å². The summed E-state index contributed by atoms with van der Waals surface area (Å²) >= 11 is 1.16. The van der Waals surface area contributed by atoms with E-state index in [9.17, 15) is 10.5 Å².